The number of benzene rings is 3. The first-order valence-corrected chi connectivity index (χ1v) is 8.72. The van der Waals surface area contributed by atoms with E-state index in [1.165, 1.54) is 22.3 Å². The van der Waals surface area contributed by atoms with Gasteiger partial charge in [0.05, 0.1) is 19.2 Å². The van der Waals surface area contributed by atoms with E-state index in [2.05, 4.69) is 53.8 Å². The van der Waals surface area contributed by atoms with Crippen LogP contribution in [0.5, 0.6) is 17.2 Å². The van der Waals surface area contributed by atoms with Crippen LogP contribution in [0, 0.1) is 0 Å². The van der Waals surface area contributed by atoms with E-state index in [0.29, 0.717) is 6.79 Å². The van der Waals surface area contributed by atoms with Gasteiger partial charge in [0.2, 0.25) is 6.79 Å². The monoisotopic (exact) mass is 345 g/mol. The second-order valence-corrected chi connectivity index (χ2v) is 6.55. The highest BCUT2D eigenvalue weighted by molar-refractivity contribution is 5.52. The lowest BCUT2D eigenvalue weighted by atomic mass is 9.95. The van der Waals surface area contributed by atoms with Crippen molar-refractivity contribution in [2.24, 2.45) is 0 Å². The molecule has 4 nitrogen and oxygen atoms in total. The molecule has 0 radical (unpaired) electrons. The molecular weight excluding hydrogens is 326 g/mol. The summed E-state index contributed by atoms with van der Waals surface area (Å²) >= 11 is 0. The second kappa shape index (κ2) is 6.07. The lowest BCUT2D eigenvalue weighted by Gasteiger charge is -2.17. The second-order valence-electron chi connectivity index (χ2n) is 6.55. The number of hydrogen-bond donors (Lipinski definition) is 1. The topological polar surface area (TPSA) is 39.7 Å². The average molecular weight is 345 g/mol. The zero-order valence-electron chi connectivity index (χ0n) is 14.4. The number of methoxy groups -OCH3 is 1. The van der Waals surface area contributed by atoms with Gasteiger partial charge in [-0.1, -0.05) is 42.5 Å². The summed E-state index contributed by atoms with van der Waals surface area (Å²) in [7, 11) is 1.69. The molecule has 2 aliphatic rings. The highest BCUT2D eigenvalue weighted by Crippen LogP contribution is 2.43. The van der Waals surface area contributed by atoms with Crippen LogP contribution in [-0.4, -0.2) is 13.9 Å². The van der Waals surface area contributed by atoms with E-state index in [0.717, 1.165) is 17.2 Å². The highest BCUT2D eigenvalue weighted by atomic mass is 16.7. The first kappa shape index (κ1) is 15.3. The Kier molecular flexibility index (Phi) is 3.57. The van der Waals surface area contributed by atoms with Gasteiger partial charge >= 0.3 is 0 Å². The standard InChI is InChI=1S/C22H19NO3/c1-24-16-9-6-14(7-10-16)21-17-4-2-3-5-18(17)22(23-21)15-8-11-19-20(12-15)26-13-25-19/h2-12,21-23H,13H2,1H3. The SMILES string of the molecule is COc1ccc(C2NC(c3ccc4c(c3)OCO4)c3ccccc32)cc1. The molecule has 4 heteroatoms. The largest absolute Gasteiger partial charge is 0.497 e. The van der Waals surface area contributed by atoms with Crippen LogP contribution in [0.1, 0.15) is 34.3 Å². The summed E-state index contributed by atoms with van der Waals surface area (Å²) in [6.45, 7) is 0.294. The molecule has 2 unspecified atom stereocenters. The molecule has 2 heterocycles. The quantitative estimate of drug-likeness (QED) is 0.772. The van der Waals surface area contributed by atoms with Gasteiger partial charge in [-0.25, -0.2) is 0 Å². The summed E-state index contributed by atoms with van der Waals surface area (Å²) in [4.78, 5) is 0. The van der Waals surface area contributed by atoms with Crippen molar-refractivity contribution in [3.8, 4) is 17.2 Å². The summed E-state index contributed by atoms with van der Waals surface area (Å²) in [5, 5.41) is 3.78. The molecule has 130 valence electrons. The Bertz CT molecular complexity index is 952. The van der Waals surface area contributed by atoms with Gasteiger partial charge in [-0.15, -0.1) is 0 Å². The van der Waals surface area contributed by atoms with Gasteiger partial charge in [-0.2, -0.15) is 0 Å². The summed E-state index contributed by atoms with van der Waals surface area (Å²) in [6, 6.07) is 23.3. The maximum Gasteiger partial charge on any atom is 0.231 e. The molecule has 0 amide bonds. The van der Waals surface area contributed by atoms with E-state index in [-0.39, 0.29) is 12.1 Å². The average Bonchev–Trinajstić information content (AvgIpc) is 3.32. The molecule has 0 saturated heterocycles. The van der Waals surface area contributed by atoms with Gasteiger partial charge < -0.3 is 14.2 Å². The maximum atomic E-state index is 5.56. The third-order valence-electron chi connectivity index (χ3n) is 5.13. The third kappa shape index (κ3) is 2.42. The molecule has 0 bridgehead atoms. The summed E-state index contributed by atoms with van der Waals surface area (Å²) < 4.78 is 16.3. The zero-order chi connectivity index (χ0) is 17.5. The van der Waals surface area contributed by atoms with Crippen molar-refractivity contribution < 1.29 is 14.2 Å². The number of fused-ring (bicyclic) bond motifs is 2. The lowest BCUT2D eigenvalue weighted by molar-refractivity contribution is 0.174. The third-order valence-corrected chi connectivity index (χ3v) is 5.13. The van der Waals surface area contributed by atoms with Gasteiger partial charge in [0, 0.05) is 0 Å². The van der Waals surface area contributed by atoms with Crippen molar-refractivity contribution in [1.82, 2.24) is 5.32 Å². The predicted molar refractivity (Wildman–Crippen MR) is 98.8 cm³/mol. The van der Waals surface area contributed by atoms with E-state index in [1.54, 1.807) is 7.11 Å². The zero-order valence-corrected chi connectivity index (χ0v) is 14.4. The van der Waals surface area contributed by atoms with Crippen molar-refractivity contribution in [3.05, 3.63) is 89.0 Å². The molecule has 2 aliphatic heterocycles. The van der Waals surface area contributed by atoms with Crippen LogP contribution in [0.4, 0.5) is 0 Å². The number of hydrogen-bond acceptors (Lipinski definition) is 4. The molecule has 1 N–H and O–H groups in total. The Morgan fingerprint density at radius 3 is 2.19 bits per heavy atom. The van der Waals surface area contributed by atoms with Gasteiger partial charge in [-0.3, -0.25) is 5.32 Å². The maximum absolute atomic E-state index is 5.56. The minimum Gasteiger partial charge on any atom is -0.497 e. The van der Waals surface area contributed by atoms with Gasteiger partial charge in [0.1, 0.15) is 5.75 Å². The Morgan fingerprint density at radius 2 is 1.46 bits per heavy atom. The molecule has 0 spiro atoms. The number of ether oxygens (including phenoxy) is 3. The molecule has 2 atom stereocenters. The van der Waals surface area contributed by atoms with Gasteiger partial charge in [-0.05, 0) is 46.5 Å². The van der Waals surface area contributed by atoms with Gasteiger partial charge in [0.25, 0.3) is 0 Å². The molecule has 3 aromatic carbocycles. The smallest absolute Gasteiger partial charge is 0.231 e. The normalized spacial score (nSPS) is 20.0. The molecule has 0 fully saturated rings. The molecular formula is C22H19NO3. The Labute approximate surface area is 152 Å². The van der Waals surface area contributed by atoms with Gasteiger partial charge in [0.15, 0.2) is 11.5 Å². The first-order chi connectivity index (χ1) is 12.8. The fourth-order valence-corrected chi connectivity index (χ4v) is 3.82. The number of rotatable bonds is 3. The highest BCUT2D eigenvalue weighted by Gasteiger charge is 2.32. The number of nitrogens with one attached hydrogen (secondary N) is 1. The van der Waals surface area contributed by atoms with Crippen LogP contribution < -0.4 is 19.5 Å². The van der Waals surface area contributed by atoms with Crippen molar-refractivity contribution in [2.45, 2.75) is 12.1 Å². The molecule has 0 saturated carbocycles. The minimum atomic E-state index is 0.118. The first-order valence-electron chi connectivity index (χ1n) is 8.72. The Hall–Kier alpha value is -2.98. The van der Waals surface area contributed by atoms with E-state index < -0.39 is 0 Å². The molecule has 3 aromatic rings. The van der Waals surface area contributed by atoms with Crippen LogP contribution >= 0.6 is 0 Å². The molecule has 26 heavy (non-hydrogen) atoms. The van der Waals surface area contributed by atoms with Crippen molar-refractivity contribution >= 4 is 0 Å². The van der Waals surface area contributed by atoms with Crippen molar-refractivity contribution in [1.29, 1.82) is 0 Å². The predicted octanol–water partition coefficient (Wildman–Crippen LogP) is 4.21. The van der Waals surface area contributed by atoms with Crippen molar-refractivity contribution in [2.75, 3.05) is 13.9 Å². The Balaban J connectivity index is 1.54. The minimum absolute atomic E-state index is 0.118. The lowest BCUT2D eigenvalue weighted by Crippen LogP contribution is -2.19. The van der Waals surface area contributed by atoms with Crippen LogP contribution in [0.15, 0.2) is 66.7 Å². The van der Waals surface area contributed by atoms with Crippen LogP contribution in [0.25, 0.3) is 0 Å². The Morgan fingerprint density at radius 1 is 0.808 bits per heavy atom. The summed E-state index contributed by atoms with van der Waals surface area (Å²) in [5.41, 5.74) is 5.01. The van der Waals surface area contributed by atoms with E-state index >= 15 is 0 Å². The van der Waals surface area contributed by atoms with E-state index in [1.807, 2.05) is 18.2 Å². The fourth-order valence-electron chi connectivity index (χ4n) is 3.82. The summed E-state index contributed by atoms with van der Waals surface area (Å²) in [6.07, 6.45) is 0. The van der Waals surface area contributed by atoms with E-state index in [4.69, 9.17) is 14.2 Å². The van der Waals surface area contributed by atoms with Crippen LogP contribution in [-0.2, 0) is 0 Å². The van der Waals surface area contributed by atoms with Crippen LogP contribution in [0.3, 0.4) is 0 Å². The molecule has 0 aromatic heterocycles. The van der Waals surface area contributed by atoms with Crippen LogP contribution in [0.2, 0.25) is 0 Å². The molecule has 0 aliphatic carbocycles. The van der Waals surface area contributed by atoms with E-state index in [9.17, 15) is 0 Å². The summed E-state index contributed by atoms with van der Waals surface area (Å²) in [5.74, 6) is 2.49. The van der Waals surface area contributed by atoms with Crippen molar-refractivity contribution in [3.63, 3.8) is 0 Å². The fraction of sp³-hybridized carbons (Fsp3) is 0.182. The molecule has 5 rings (SSSR count).